The number of rotatable bonds is 7. The van der Waals surface area contributed by atoms with Crippen molar-refractivity contribution < 1.29 is 9.53 Å². The molecule has 0 aliphatic rings. The average Bonchev–Trinajstić information content (AvgIpc) is 2.58. The summed E-state index contributed by atoms with van der Waals surface area (Å²) in [4.78, 5) is 12.0. The van der Waals surface area contributed by atoms with Crippen molar-refractivity contribution in [2.24, 2.45) is 0 Å². The highest BCUT2D eigenvalue weighted by atomic mass is 79.9. The van der Waals surface area contributed by atoms with E-state index in [0.29, 0.717) is 15.8 Å². The van der Waals surface area contributed by atoms with Gasteiger partial charge in [-0.1, -0.05) is 64.3 Å². The summed E-state index contributed by atoms with van der Waals surface area (Å²) in [6, 6.07) is 12.6. The lowest BCUT2D eigenvalue weighted by Gasteiger charge is -2.14. The number of allylic oxidation sites excluding steroid dienone is 1. The van der Waals surface area contributed by atoms with Crippen LogP contribution in [0.5, 0.6) is 5.75 Å². The van der Waals surface area contributed by atoms with Crippen LogP contribution in [-0.2, 0) is 4.79 Å². The van der Waals surface area contributed by atoms with E-state index in [4.69, 9.17) is 27.9 Å². The lowest BCUT2D eigenvalue weighted by Crippen LogP contribution is -2.39. The molecule has 7 heteroatoms. The fraction of sp³-hybridized carbons (Fsp3) is 0.167. The summed E-state index contributed by atoms with van der Waals surface area (Å²) in [6.07, 6.45) is 2.81. The van der Waals surface area contributed by atoms with E-state index >= 15 is 0 Å². The van der Waals surface area contributed by atoms with Crippen LogP contribution in [-0.4, -0.2) is 12.5 Å². The van der Waals surface area contributed by atoms with Crippen LogP contribution >= 0.6 is 39.1 Å². The summed E-state index contributed by atoms with van der Waals surface area (Å²) < 4.78 is 6.39. The number of halogens is 3. The third-order valence-corrected chi connectivity index (χ3v) is 4.21. The second kappa shape index (κ2) is 9.70. The molecular formula is C18H17BrCl2N2O2. The average molecular weight is 444 g/mol. The van der Waals surface area contributed by atoms with Gasteiger partial charge < -0.3 is 4.74 Å². The van der Waals surface area contributed by atoms with E-state index in [1.54, 1.807) is 18.2 Å². The lowest BCUT2D eigenvalue weighted by molar-refractivity contribution is -0.123. The Balaban J connectivity index is 1.90. The van der Waals surface area contributed by atoms with Gasteiger partial charge in [-0.05, 0) is 42.3 Å². The largest absolute Gasteiger partial charge is 0.482 e. The summed E-state index contributed by atoms with van der Waals surface area (Å²) in [5, 5.41) is 0.863. The molecule has 2 aromatic carbocycles. The maximum Gasteiger partial charge on any atom is 0.276 e. The number of amides is 1. The minimum absolute atomic E-state index is 0.173. The molecule has 0 radical (unpaired) electrons. The zero-order valence-corrected chi connectivity index (χ0v) is 16.6. The predicted octanol–water partition coefficient (Wildman–Crippen LogP) is 5.21. The van der Waals surface area contributed by atoms with Gasteiger partial charge in [0, 0.05) is 9.50 Å². The Labute approximate surface area is 165 Å². The van der Waals surface area contributed by atoms with Crippen LogP contribution in [0.15, 0.2) is 53.0 Å². The van der Waals surface area contributed by atoms with E-state index in [1.165, 1.54) is 0 Å². The van der Waals surface area contributed by atoms with Crippen LogP contribution in [0.3, 0.4) is 0 Å². The molecule has 0 aliphatic heterocycles. The highest BCUT2D eigenvalue weighted by molar-refractivity contribution is 9.10. The zero-order valence-electron chi connectivity index (χ0n) is 13.5. The first-order chi connectivity index (χ1) is 12.0. The van der Waals surface area contributed by atoms with Gasteiger partial charge in [0.2, 0.25) is 0 Å². The molecule has 0 saturated heterocycles. The number of carbonyl (C=O) groups excluding carboxylic acids is 1. The Morgan fingerprint density at radius 2 is 1.88 bits per heavy atom. The van der Waals surface area contributed by atoms with Gasteiger partial charge in [0.05, 0.1) is 10.7 Å². The summed E-state index contributed by atoms with van der Waals surface area (Å²) in [5.41, 5.74) is 7.32. The Bertz CT molecular complexity index is 764. The molecule has 0 bridgehead atoms. The molecule has 0 heterocycles. The third kappa shape index (κ3) is 6.27. The minimum atomic E-state index is -0.329. The lowest BCUT2D eigenvalue weighted by atomic mass is 10.1. The van der Waals surface area contributed by atoms with Crippen molar-refractivity contribution in [1.82, 2.24) is 10.9 Å². The Morgan fingerprint density at radius 3 is 2.52 bits per heavy atom. The fourth-order valence-corrected chi connectivity index (χ4v) is 2.71. The molecule has 4 nitrogen and oxygen atoms in total. The third-order valence-electron chi connectivity index (χ3n) is 3.15. The molecule has 0 fully saturated rings. The van der Waals surface area contributed by atoms with Crippen LogP contribution in [0, 0.1) is 0 Å². The quantitative estimate of drug-likeness (QED) is 0.577. The molecule has 0 saturated carbocycles. The number of nitrogens with one attached hydrogen (secondary N) is 2. The fourth-order valence-electron chi connectivity index (χ4n) is 1.98. The van der Waals surface area contributed by atoms with Gasteiger partial charge >= 0.3 is 0 Å². The maximum atomic E-state index is 12.0. The van der Waals surface area contributed by atoms with E-state index in [9.17, 15) is 4.79 Å². The number of benzene rings is 2. The maximum absolute atomic E-state index is 12.0. The summed E-state index contributed by atoms with van der Waals surface area (Å²) in [6.45, 7) is 1.85. The smallest absolute Gasteiger partial charge is 0.276 e. The van der Waals surface area contributed by atoms with Crippen molar-refractivity contribution in [2.75, 3.05) is 6.61 Å². The van der Waals surface area contributed by atoms with Gasteiger partial charge in [-0.2, -0.15) is 0 Å². The molecular weight excluding hydrogens is 427 g/mol. The van der Waals surface area contributed by atoms with Gasteiger partial charge in [0.1, 0.15) is 5.75 Å². The van der Waals surface area contributed by atoms with Crippen LogP contribution in [0.4, 0.5) is 0 Å². The van der Waals surface area contributed by atoms with E-state index < -0.39 is 0 Å². The van der Waals surface area contributed by atoms with Crippen molar-refractivity contribution in [3.63, 3.8) is 0 Å². The van der Waals surface area contributed by atoms with E-state index in [2.05, 4.69) is 26.8 Å². The zero-order chi connectivity index (χ0) is 18.2. The molecule has 2 aromatic rings. The summed E-state index contributed by atoms with van der Waals surface area (Å²) in [5.74, 6) is 0.0728. The molecule has 0 aromatic heterocycles. The SMILES string of the molecule is CCC=C(NNC(=O)COc1ccc(Cl)cc1Cl)c1ccc(Br)cc1. The molecule has 2 N–H and O–H groups in total. The first-order valence-corrected chi connectivity index (χ1v) is 9.13. The number of hydrazine groups is 1. The molecule has 0 unspecified atom stereocenters. The highest BCUT2D eigenvalue weighted by Gasteiger charge is 2.08. The van der Waals surface area contributed by atoms with Crippen molar-refractivity contribution >= 4 is 50.7 Å². The van der Waals surface area contributed by atoms with Gasteiger partial charge in [-0.3, -0.25) is 15.6 Å². The molecule has 132 valence electrons. The van der Waals surface area contributed by atoms with E-state index in [0.717, 1.165) is 22.2 Å². The summed E-state index contributed by atoms with van der Waals surface area (Å²) >= 11 is 15.2. The second-order valence-corrected chi connectivity index (χ2v) is 6.83. The molecule has 0 aliphatic carbocycles. The molecule has 2 rings (SSSR count). The monoisotopic (exact) mass is 442 g/mol. The molecule has 0 spiro atoms. The number of ether oxygens (including phenoxy) is 1. The molecule has 25 heavy (non-hydrogen) atoms. The standard InChI is InChI=1S/C18H17BrCl2N2O2/c1-2-3-16(12-4-6-13(19)7-5-12)22-23-18(24)11-25-17-9-8-14(20)10-15(17)21/h3-10,22H,2,11H2,1H3,(H,23,24). The minimum Gasteiger partial charge on any atom is -0.482 e. The van der Waals surface area contributed by atoms with Crippen LogP contribution < -0.4 is 15.6 Å². The number of hydrogen-bond donors (Lipinski definition) is 2. The van der Waals surface area contributed by atoms with Crippen LogP contribution in [0.25, 0.3) is 5.70 Å². The van der Waals surface area contributed by atoms with E-state index in [1.807, 2.05) is 37.3 Å². The predicted molar refractivity (Wildman–Crippen MR) is 106 cm³/mol. The first-order valence-electron chi connectivity index (χ1n) is 7.58. The second-order valence-electron chi connectivity index (χ2n) is 5.07. The van der Waals surface area contributed by atoms with Crippen molar-refractivity contribution in [3.8, 4) is 5.75 Å². The van der Waals surface area contributed by atoms with Gasteiger partial charge in [0.25, 0.3) is 5.91 Å². The highest BCUT2D eigenvalue weighted by Crippen LogP contribution is 2.27. The van der Waals surface area contributed by atoms with Crippen molar-refractivity contribution in [2.45, 2.75) is 13.3 Å². The normalized spacial score (nSPS) is 11.1. The van der Waals surface area contributed by atoms with Crippen molar-refractivity contribution in [3.05, 3.63) is 68.6 Å². The Hall–Kier alpha value is -1.69. The molecule has 1 amide bonds. The van der Waals surface area contributed by atoms with Crippen LogP contribution in [0.1, 0.15) is 18.9 Å². The Morgan fingerprint density at radius 1 is 1.16 bits per heavy atom. The van der Waals surface area contributed by atoms with Gasteiger partial charge in [-0.25, -0.2) is 0 Å². The summed E-state index contributed by atoms with van der Waals surface area (Å²) in [7, 11) is 0. The Kier molecular flexibility index (Phi) is 7.62. The molecule has 0 atom stereocenters. The number of hydrogen-bond acceptors (Lipinski definition) is 3. The van der Waals surface area contributed by atoms with Gasteiger partial charge in [-0.15, -0.1) is 0 Å². The number of carbonyl (C=O) groups is 1. The van der Waals surface area contributed by atoms with Crippen LogP contribution in [0.2, 0.25) is 10.0 Å². The van der Waals surface area contributed by atoms with Gasteiger partial charge in [0.15, 0.2) is 6.61 Å². The van der Waals surface area contributed by atoms with E-state index in [-0.39, 0.29) is 12.5 Å². The first kappa shape index (κ1) is 19.6. The topological polar surface area (TPSA) is 50.4 Å². The van der Waals surface area contributed by atoms with Crippen molar-refractivity contribution in [1.29, 1.82) is 0 Å².